The molecule has 118 valence electrons. The first-order valence-electron chi connectivity index (χ1n) is 7.82. The summed E-state index contributed by atoms with van der Waals surface area (Å²) in [7, 11) is 0. The predicted octanol–water partition coefficient (Wildman–Crippen LogP) is 2.71. The van der Waals surface area contributed by atoms with Crippen molar-refractivity contribution in [2.45, 2.75) is 50.0 Å². The van der Waals surface area contributed by atoms with Crippen LogP contribution in [0.1, 0.15) is 44.1 Å². The van der Waals surface area contributed by atoms with Crippen molar-refractivity contribution in [3.63, 3.8) is 0 Å². The zero-order valence-electron chi connectivity index (χ0n) is 12.4. The van der Waals surface area contributed by atoms with Crippen molar-refractivity contribution < 1.29 is 19.1 Å². The molecule has 1 aromatic rings. The quantitative estimate of drug-likeness (QED) is 0.930. The van der Waals surface area contributed by atoms with E-state index in [1.54, 1.807) is 11.0 Å². The van der Waals surface area contributed by atoms with E-state index >= 15 is 0 Å². The van der Waals surface area contributed by atoms with Crippen molar-refractivity contribution in [1.29, 1.82) is 0 Å². The van der Waals surface area contributed by atoms with Gasteiger partial charge in [-0.15, -0.1) is 0 Å². The summed E-state index contributed by atoms with van der Waals surface area (Å²) >= 11 is 0. The van der Waals surface area contributed by atoms with Crippen molar-refractivity contribution >= 4 is 11.9 Å². The normalized spacial score (nSPS) is 23.1. The Kier molecular flexibility index (Phi) is 3.89. The lowest BCUT2D eigenvalue weighted by Gasteiger charge is -2.44. The average Bonchev–Trinajstić information content (AvgIpc) is 2.84. The fourth-order valence-electron chi connectivity index (χ4n) is 3.73. The first kappa shape index (κ1) is 15.0. The lowest BCUT2D eigenvalue weighted by molar-refractivity contribution is -0.144. The average molecular weight is 305 g/mol. The third kappa shape index (κ3) is 2.49. The monoisotopic (exact) mass is 305 g/mol. The van der Waals surface area contributed by atoms with E-state index in [9.17, 15) is 14.0 Å². The van der Waals surface area contributed by atoms with Crippen molar-refractivity contribution in [3.8, 4) is 0 Å². The minimum absolute atomic E-state index is 0.00896. The Morgan fingerprint density at radius 3 is 2.68 bits per heavy atom. The molecular weight excluding hydrogens is 285 g/mol. The van der Waals surface area contributed by atoms with Crippen LogP contribution in [0.25, 0.3) is 0 Å². The zero-order chi connectivity index (χ0) is 15.7. The van der Waals surface area contributed by atoms with E-state index in [0.717, 1.165) is 24.8 Å². The van der Waals surface area contributed by atoms with Gasteiger partial charge < -0.3 is 10.0 Å². The fraction of sp³-hybridized carbons (Fsp3) is 0.529. The number of hydrogen-bond acceptors (Lipinski definition) is 2. The molecule has 1 unspecified atom stereocenters. The van der Waals surface area contributed by atoms with Gasteiger partial charge in [0.05, 0.1) is 11.8 Å². The maximum absolute atomic E-state index is 13.5. The number of aliphatic carboxylic acids is 1. The van der Waals surface area contributed by atoms with Gasteiger partial charge in [-0.3, -0.25) is 9.59 Å². The molecule has 1 saturated carbocycles. The van der Waals surface area contributed by atoms with E-state index in [1.807, 2.05) is 6.07 Å². The highest BCUT2D eigenvalue weighted by molar-refractivity contribution is 5.90. The van der Waals surface area contributed by atoms with Gasteiger partial charge in [0, 0.05) is 12.6 Å². The van der Waals surface area contributed by atoms with Crippen molar-refractivity contribution in [1.82, 2.24) is 4.90 Å². The fourth-order valence-corrected chi connectivity index (χ4v) is 3.73. The Bertz CT molecular complexity index is 597. The van der Waals surface area contributed by atoms with Gasteiger partial charge in [-0.05, 0) is 43.4 Å². The Morgan fingerprint density at radius 1 is 1.32 bits per heavy atom. The summed E-state index contributed by atoms with van der Waals surface area (Å²) in [5, 5.41) is 9.01. The van der Waals surface area contributed by atoms with Crippen LogP contribution in [0.2, 0.25) is 0 Å². The molecule has 3 rings (SSSR count). The number of nitrogens with zero attached hydrogens (tertiary/aromatic N) is 1. The molecule has 1 amide bonds. The van der Waals surface area contributed by atoms with Crippen molar-refractivity contribution in [2.24, 2.45) is 0 Å². The van der Waals surface area contributed by atoms with Gasteiger partial charge in [-0.25, -0.2) is 4.39 Å². The van der Waals surface area contributed by atoms with Crippen LogP contribution in [0.15, 0.2) is 24.3 Å². The van der Waals surface area contributed by atoms with Gasteiger partial charge in [0.1, 0.15) is 5.82 Å². The van der Waals surface area contributed by atoms with E-state index in [4.69, 9.17) is 5.11 Å². The summed E-state index contributed by atoms with van der Waals surface area (Å²) in [6, 6.07) is 6.04. The highest BCUT2D eigenvalue weighted by Crippen LogP contribution is 2.46. The zero-order valence-corrected chi connectivity index (χ0v) is 12.4. The minimum atomic E-state index is -0.877. The number of likely N-dealkylation sites (tertiary alicyclic amines) is 1. The molecule has 5 heteroatoms. The molecule has 1 aliphatic heterocycles. The molecule has 2 fully saturated rings. The molecule has 0 bridgehead atoms. The highest BCUT2D eigenvalue weighted by Gasteiger charge is 2.49. The lowest BCUT2D eigenvalue weighted by atomic mass is 9.63. The molecule has 2 aliphatic rings. The van der Waals surface area contributed by atoms with E-state index in [0.29, 0.717) is 19.4 Å². The number of carbonyl (C=O) groups excluding carboxylic acids is 1. The number of carboxylic acid groups (broad SMARTS) is 1. The summed E-state index contributed by atoms with van der Waals surface area (Å²) in [4.78, 5) is 25.8. The number of benzene rings is 1. The Balaban J connectivity index is 1.87. The number of halogens is 1. The number of amides is 1. The summed E-state index contributed by atoms with van der Waals surface area (Å²) < 4.78 is 13.5. The van der Waals surface area contributed by atoms with Crippen LogP contribution in [-0.2, 0) is 15.0 Å². The van der Waals surface area contributed by atoms with E-state index in [1.165, 1.54) is 12.1 Å². The molecule has 0 spiro atoms. The molecule has 1 atom stereocenters. The minimum Gasteiger partial charge on any atom is -0.481 e. The molecule has 1 N–H and O–H groups in total. The largest absolute Gasteiger partial charge is 0.481 e. The molecule has 0 radical (unpaired) electrons. The van der Waals surface area contributed by atoms with Gasteiger partial charge in [-0.1, -0.05) is 18.6 Å². The number of carboxylic acids is 1. The predicted molar refractivity (Wildman–Crippen MR) is 78.9 cm³/mol. The second-order valence-electron chi connectivity index (χ2n) is 6.34. The molecule has 1 heterocycles. The summed E-state index contributed by atoms with van der Waals surface area (Å²) in [5.41, 5.74) is 0.0770. The van der Waals surface area contributed by atoms with Crippen LogP contribution >= 0.6 is 0 Å². The Hall–Kier alpha value is -1.91. The highest BCUT2D eigenvalue weighted by atomic mass is 19.1. The smallest absolute Gasteiger partial charge is 0.305 e. The van der Waals surface area contributed by atoms with E-state index in [-0.39, 0.29) is 24.2 Å². The van der Waals surface area contributed by atoms with Gasteiger partial charge >= 0.3 is 5.97 Å². The number of carbonyl (C=O) groups is 2. The van der Waals surface area contributed by atoms with Crippen molar-refractivity contribution in [2.75, 3.05) is 6.54 Å². The molecule has 0 aromatic heterocycles. The number of hydrogen-bond donors (Lipinski definition) is 1. The third-order valence-electron chi connectivity index (χ3n) is 5.04. The van der Waals surface area contributed by atoms with Crippen LogP contribution in [0.4, 0.5) is 4.39 Å². The summed E-state index contributed by atoms with van der Waals surface area (Å²) in [6.45, 7) is 0.605. The molecule has 22 heavy (non-hydrogen) atoms. The standard InChI is InChI=1S/C17H20FNO3/c18-13-5-1-4-12(10-13)17(7-3-8-17)16(22)19-9-2-6-14(19)11-15(20)21/h1,4-5,10,14H,2-3,6-9,11H2,(H,20,21). The second-order valence-corrected chi connectivity index (χ2v) is 6.34. The summed E-state index contributed by atoms with van der Waals surface area (Å²) in [5.74, 6) is -1.23. The van der Waals surface area contributed by atoms with E-state index in [2.05, 4.69) is 0 Å². The van der Waals surface area contributed by atoms with Gasteiger partial charge in [-0.2, -0.15) is 0 Å². The second kappa shape index (κ2) is 5.71. The molecular formula is C17H20FNO3. The van der Waals surface area contributed by atoms with Crippen LogP contribution in [0, 0.1) is 5.82 Å². The maximum atomic E-state index is 13.5. The maximum Gasteiger partial charge on any atom is 0.305 e. The van der Waals surface area contributed by atoms with Crippen LogP contribution in [0.3, 0.4) is 0 Å². The summed E-state index contributed by atoms with van der Waals surface area (Å²) in [6.07, 6.45) is 3.93. The van der Waals surface area contributed by atoms with E-state index < -0.39 is 11.4 Å². The van der Waals surface area contributed by atoms with Crippen molar-refractivity contribution in [3.05, 3.63) is 35.6 Å². The van der Waals surface area contributed by atoms with Crippen LogP contribution in [-0.4, -0.2) is 34.5 Å². The van der Waals surface area contributed by atoms with Gasteiger partial charge in [0.25, 0.3) is 0 Å². The SMILES string of the molecule is O=C(O)CC1CCCN1C(=O)C1(c2cccc(F)c2)CCC1. The topological polar surface area (TPSA) is 57.6 Å². The van der Waals surface area contributed by atoms with Crippen LogP contribution in [0.5, 0.6) is 0 Å². The first-order valence-corrected chi connectivity index (χ1v) is 7.82. The Labute approximate surface area is 128 Å². The third-order valence-corrected chi connectivity index (χ3v) is 5.04. The van der Waals surface area contributed by atoms with Gasteiger partial charge in [0.15, 0.2) is 0 Å². The Morgan fingerprint density at radius 2 is 2.09 bits per heavy atom. The number of rotatable bonds is 4. The molecule has 1 saturated heterocycles. The van der Waals surface area contributed by atoms with Crippen LogP contribution < -0.4 is 0 Å². The lowest BCUT2D eigenvalue weighted by Crippen LogP contribution is -2.52. The molecule has 4 nitrogen and oxygen atoms in total. The van der Waals surface area contributed by atoms with Gasteiger partial charge in [0.2, 0.25) is 5.91 Å². The molecule has 1 aromatic carbocycles. The molecule has 1 aliphatic carbocycles. The first-order chi connectivity index (χ1) is 10.5.